The zero-order chi connectivity index (χ0) is 34.0. The molecule has 2 atom stereocenters. The van der Waals surface area contributed by atoms with Gasteiger partial charge in [0.05, 0.1) is 17.2 Å². The number of aryl methyl sites for hydroxylation is 1. The average Bonchev–Trinajstić information content (AvgIpc) is 3.57. The number of nitrogens with zero attached hydrogens (tertiary/aromatic N) is 2. The molecule has 1 saturated carbocycles. The maximum absolute atomic E-state index is 12.6. The van der Waals surface area contributed by atoms with Crippen molar-refractivity contribution in [2.45, 2.75) is 104 Å². The molecule has 8 heteroatoms. The molecule has 1 fully saturated rings. The number of hydrogen-bond acceptors (Lipinski definition) is 6. The second-order valence-electron chi connectivity index (χ2n) is 12.6. The normalized spacial score (nSPS) is 13.8. The largest absolute Gasteiger partial charge is 0.387 e. The number of carbonyl (C=O) groups excluding carboxylic acids is 2. The van der Waals surface area contributed by atoms with E-state index in [4.69, 9.17) is 6.42 Å². The van der Waals surface area contributed by atoms with Crippen molar-refractivity contribution in [1.82, 2.24) is 25.8 Å². The van der Waals surface area contributed by atoms with Gasteiger partial charge in [-0.05, 0) is 38.6 Å². The van der Waals surface area contributed by atoms with Crippen LogP contribution in [0.4, 0.5) is 0 Å². The first-order chi connectivity index (χ1) is 22.2. The van der Waals surface area contributed by atoms with E-state index in [1.54, 1.807) is 17.5 Å². The predicted molar refractivity (Wildman–Crippen MR) is 196 cm³/mol. The van der Waals surface area contributed by atoms with Gasteiger partial charge in [-0.25, -0.2) is 4.98 Å². The smallest absolute Gasteiger partial charge is 0.222 e. The number of rotatable bonds is 17. The summed E-state index contributed by atoms with van der Waals surface area (Å²) < 4.78 is 0. The number of unbranched alkanes of at least 4 members (excludes halogenated alkanes) is 2. The zero-order valence-electron chi connectivity index (χ0n) is 29.3. The number of aromatic nitrogens is 1. The van der Waals surface area contributed by atoms with E-state index in [0.29, 0.717) is 18.9 Å². The summed E-state index contributed by atoms with van der Waals surface area (Å²) in [5, 5.41) is 11.4. The second-order valence-corrected chi connectivity index (χ2v) is 13.3. The summed E-state index contributed by atoms with van der Waals surface area (Å²) in [6.07, 6.45) is 17.7. The Kier molecular flexibility index (Phi) is 23.1. The molecule has 2 aromatic rings. The van der Waals surface area contributed by atoms with Crippen LogP contribution in [-0.2, 0) is 16.0 Å². The molecule has 1 aromatic carbocycles. The molecule has 46 heavy (non-hydrogen) atoms. The third-order valence-electron chi connectivity index (χ3n) is 8.12. The van der Waals surface area contributed by atoms with Gasteiger partial charge in [0.1, 0.15) is 0 Å². The number of hydrogen-bond donors (Lipinski definition) is 3. The highest BCUT2D eigenvalue weighted by Crippen LogP contribution is 2.22. The summed E-state index contributed by atoms with van der Waals surface area (Å²) in [5.41, 5.74) is 4.78. The molecule has 2 amide bonds. The number of amides is 2. The van der Waals surface area contributed by atoms with Crippen molar-refractivity contribution in [2.75, 3.05) is 33.7 Å². The van der Waals surface area contributed by atoms with Gasteiger partial charge < -0.3 is 20.9 Å². The van der Waals surface area contributed by atoms with Gasteiger partial charge in [0.25, 0.3) is 0 Å². The topological polar surface area (TPSA) is 86.4 Å². The predicted octanol–water partition coefficient (Wildman–Crippen LogP) is 7.14. The van der Waals surface area contributed by atoms with Crippen molar-refractivity contribution in [3.63, 3.8) is 0 Å². The van der Waals surface area contributed by atoms with E-state index in [2.05, 4.69) is 66.3 Å². The van der Waals surface area contributed by atoms with Crippen LogP contribution in [0.15, 0.2) is 53.5 Å². The fourth-order valence-corrected chi connectivity index (χ4v) is 5.55. The van der Waals surface area contributed by atoms with Crippen LogP contribution >= 0.6 is 11.3 Å². The van der Waals surface area contributed by atoms with Crippen LogP contribution in [0.25, 0.3) is 0 Å². The molecule has 3 rings (SSSR count). The Hall–Kier alpha value is -3.15. The van der Waals surface area contributed by atoms with Crippen LogP contribution in [0.3, 0.4) is 0 Å². The van der Waals surface area contributed by atoms with E-state index in [-0.39, 0.29) is 30.7 Å². The molecular formula is C38H61N5O2S. The zero-order valence-corrected chi connectivity index (χ0v) is 30.1. The van der Waals surface area contributed by atoms with Crippen LogP contribution in [-0.4, -0.2) is 61.5 Å². The third kappa shape index (κ3) is 20.8. The highest BCUT2D eigenvalue weighted by atomic mass is 32.1. The summed E-state index contributed by atoms with van der Waals surface area (Å²) in [4.78, 5) is 30.8. The second kappa shape index (κ2) is 26.0. The van der Waals surface area contributed by atoms with Crippen molar-refractivity contribution in [3.8, 4) is 12.3 Å². The lowest BCUT2D eigenvalue weighted by Gasteiger charge is -2.24. The molecule has 1 aliphatic carbocycles. The molecule has 0 radical (unpaired) electrons. The molecule has 1 unspecified atom stereocenters. The highest BCUT2D eigenvalue weighted by Gasteiger charge is 2.19. The fourth-order valence-electron chi connectivity index (χ4n) is 4.98. The van der Waals surface area contributed by atoms with E-state index in [1.165, 1.54) is 49.0 Å². The summed E-state index contributed by atoms with van der Waals surface area (Å²) in [7, 11) is 3.59. The minimum atomic E-state index is -0.282. The number of terminal acetylenes is 1. The summed E-state index contributed by atoms with van der Waals surface area (Å²) in [6, 6.07) is 9.98. The molecule has 256 valence electrons. The van der Waals surface area contributed by atoms with Gasteiger partial charge in [0.2, 0.25) is 11.8 Å². The Balaban J connectivity index is 0.000000608. The van der Waals surface area contributed by atoms with Crippen LogP contribution < -0.4 is 16.0 Å². The number of nitrogens with one attached hydrogen (secondary N) is 3. The minimum absolute atomic E-state index is 0.0398. The van der Waals surface area contributed by atoms with Crippen LogP contribution in [0, 0.1) is 31.1 Å². The Morgan fingerprint density at radius 2 is 1.87 bits per heavy atom. The third-order valence-corrected chi connectivity index (χ3v) is 8.76. The fraction of sp³-hybridized carbons (Fsp3) is 0.605. The van der Waals surface area contributed by atoms with Gasteiger partial charge in [-0.15, -0.1) is 23.7 Å². The van der Waals surface area contributed by atoms with Crippen LogP contribution in [0.5, 0.6) is 0 Å². The Labute approximate surface area is 284 Å². The molecule has 1 aromatic heterocycles. The molecule has 0 bridgehead atoms. The summed E-state index contributed by atoms with van der Waals surface area (Å²) in [5.74, 6) is 3.99. The molecule has 0 aliphatic heterocycles. The standard InChI is InChI=1S/C24H39N5O2S.C7H14.C7H8/c1-6-7-8-9-10-19(2)16-26-20(3)22(15-21-17-32-18-27-21)28-23(30)11-12-24(31)29(5)14-13-25-4;2*1-7-5-3-2-4-6-7/h1,17-19,22,25-26H,3,7-16H2,2,4-5H3,(H,28,30);7H,2-6H2,1H3;2-6H,1H3/t19?,22-;;/m0../s1. The molecular weight excluding hydrogens is 591 g/mol. The molecule has 3 N–H and O–H groups in total. The van der Waals surface area contributed by atoms with E-state index >= 15 is 0 Å². The van der Waals surface area contributed by atoms with Gasteiger partial charge in [0.15, 0.2) is 0 Å². The van der Waals surface area contributed by atoms with Gasteiger partial charge in [0, 0.05) is 63.4 Å². The lowest BCUT2D eigenvalue weighted by Crippen LogP contribution is -2.42. The Morgan fingerprint density at radius 3 is 2.41 bits per heavy atom. The number of thiazole rings is 1. The van der Waals surface area contributed by atoms with E-state index in [9.17, 15) is 9.59 Å². The average molecular weight is 652 g/mol. The first kappa shape index (κ1) is 40.9. The molecule has 0 saturated heterocycles. The van der Waals surface area contributed by atoms with Crippen molar-refractivity contribution in [3.05, 3.63) is 64.8 Å². The first-order valence-corrected chi connectivity index (χ1v) is 18.0. The monoisotopic (exact) mass is 651 g/mol. The van der Waals surface area contributed by atoms with E-state index in [1.807, 2.05) is 30.6 Å². The minimum Gasteiger partial charge on any atom is -0.387 e. The quantitative estimate of drug-likeness (QED) is 0.125. The van der Waals surface area contributed by atoms with Crippen molar-refractivity contribution in [2.24, 2.45) is 11.8 Å². The maximum Gasteiger partial charge on any atom is 0.222 e. The SMILES string of the molecule is C#CCCCCC(C)CNC(=C)[C@H](Cc1cscn1)NC(=O)CCC(=O)N(C)CCNC.CC1CCCCC1.Cc1ccccc1. The molecule has 1 aliphatic rings. The lowest BCUT2D eigenvalue weighted by molar-refractivity contribution is -0.132. The number of carbonyl (C=O) groups is 2. The highest BCUT2D eigenvalue weighted by molar-refractivity contribution is 7.07. The maximum atomic E-state index is 12.6. The Morgan fingerprint density at radius 1 is 1.15 bits per heavy atom. The van der Waals surface area contributed by atoms with Crippen molar-refractivity contribution in [1.29, 1.82) is 0 Å². The van der Waals surface area contributed by atoms with E-state index < -0.39 is 0 Å². The van der Waals surface area contributed by atoms with Gasteiger partial charge in [-0.3, -0.25) is 9.59 Å². The lowest BCUT2D eigenvalue weighted by atomic mass is 9.91. The van der Waals surface area contributed by atoms with E-state index in [0.717, 1.165) is 56.1 Å². The summed E-state index contributed by atoms with van der Waals surface area (Å²) in [6.45, 7) is 12.9. The van der Waals surface area contributed by atoms with Crippen molar-refractivity contribution < 1.29 is 9.59 Å². The first-order valence-electron chi connectivity index (χ1n) is 17.1. The molecule has 0 spiro atoms. The van der Waals surface area contributed by atoms with Gasteiger partial charge in [-0.2, -0.15) is 0 Å². The van der Waals surface area contributed by atoms with Crippen molar-refractivity contribution >= 4 is 23.2 Å². The number of likely N-dealkylation sites (N-methyl/N-ethyl adjacent to an activating group) is 2. The van der Waals surface area contributed by atoms with Crippen LogP contribution in [0.1, 0.15) is 95.7 Å². The molecule has 1 heterocycles. The van der Waals surface area contributed by atoms with Gasteiger partial charge in [-0.1, -0.05) is 94.8 Å². The Bertz CT molecular complexity index is 1110. The van der Waals surface area contributed by atoms with Gasteiger partial charge >= 0.3 is 0 Å². The number of benzene rings is 1. The summed E-state index contributed by atoms with van der Waals surface area (Å²) >= 11 is 1.52. The van der Waals surface area contributed by atoms with Crippen LogP contribution in [0.2, 0.25) is 0 Å². The molecule has 7 nitrogen and oxygen atoms in total.